The lowest BCUT2D eigenvalue weighted by molar-refractivity contribution is -0.140. The molecule has 0 aromatic heterocycles. The maximum atomic E-state index is 12.2. The van der Waals surface area contributed by atoms with Gasteiger partial charge in [0.1, 0.15) is 5.76 Å². The van der Waals surface area contributed by atoms with Crippen LogP contribution in [-0.4, -0.2) is 49.0 Å². The van der Waals surface area contributed by atoms with E-state index in [2.05, 4.69) is 45.2 Å². The molecule has 8 bridgehead atoms. The molecule has 2 N–H and O–H groups in total. The van der Waals surface area contributed by atoms with Gasteiger partial charge in [-0.1, -0.05) is 13.8 Å². The molecule has 42 heavy (non-hydrogen) atoms. The summed E-state index contributed by atoms with van der Waals surface area (Å²) in [7, 11) is 3.13. The number of nitrogens with zero attached hydrogens (tertiary/aromatic N) is 3. The van der Waals surface area contributed by atoms with Gasteiger partial charge < -0.3 is 19.9 Å². The summed E-state index contributed by atoms with van der Waals surface area (Å²) < 4.78 is 10.6. The van der Waals surface area contributed by atoms with Gasteiger partial charge in [0.15, 0.2) is 0 Å². The van der Waals surface area contributed by atoms with E-state index in [0.29, 0.717) is 31.6 Å². The van der Waals surface area contributed by atoms with E-state index in [4.69, 9.17) is 24.5 Å². The van der Waals surface area contributed by atoms with Crippen LogP contribution in [0.5, 0.6) is 0 Å². The summed E-state index contributed by atoms with van der Waals surface area (Å²) in [5, 5.41) is 14.9. The average Bonchev–Trinajstić information content (AvgIpc) is 3.71. The van der Waals surface area contributed by atoms with E-state index in [1.54, 1.807) is 7.11 Å². The topological polar surface area (TPSA) is 105 Å². The molecule has 2 atom stereocenters. The lowest BCUT2D eigenvalue weighted by Crippen LogP contribution is -2.16. The van der Waals surface area contributed by atoms with Crippen molar-refractivity contribution in [2.45, 2.75) is 60.3 Å². The zero-order chi connectivity index (χ0) is 29.9. The number of hydrogen-bond acceptors (Lipinski definition) is 8. The van der Waals surface area contributed by atoms with Crippen molar-refractivity contribution < 1.29 is 19.4 Å². The highest BCUT2D eigenvalue weighted by atomic mass is 16.5. The molecule has 5 heterocycles. The quantitative estimate of drug-likeness (QED) is 0.370. The van der Waals surface area contributed by atoms with E-state index in [1.807, 2.05) is 13.0 Å². The summed E-state index contributed by atoms with van der Waals surface area (Å²) in [6.07, 6.45) is 8.40. The first-order chi connectivity index (χ1) is 20.2. The number of aliphatic hydroxyl groups is 1. The summed E-state index contributed by atoms with van der Waals surface area (Å²) in [6.45, 7) is 11.0. The second-order valence-corrected chi connectivity index (χ2v) is 11.6. The van der Waals surface area contributed by atoms with Crippen molar-refractivity contribution in [2.24, 2.45) is 26.8 Å². The summed E-state index contributed by atoms with van der Waals surface area (Å²) in [4.78, 5) is 27.4. The molecule has 0 saturated carbocycles. The van der Waals surface area contributed by atoms with Crippen LogP contribution in [0.4, 0.5) is 0 Å². The second-order valence-electron chi connectivity index (χ2n) is 11.6. The van der Waals surface area contributed by atoms with Crippen LogP contribution in [0.25, 0.3) is 0 Å². The van der Waals surface area contributed by atoms with Crippen LogP contribution in [-0.2, 0) is 14.3 Å². The fourth-order valence-electron chi connectivity index (χ4n) is 6.86. The Morgan fingerprint density at radius 3 is 2.38 bits per heavy atom. The molecule has 218 valence electrons. The van der Waals surface area contributed by atoms with Gasteiger partial charge in [-0.15, -0.1) is 0 Å². The first-order valence-electron chi connectivity index (χ1n) is 14.7. The van der Waals surface area contributed by atoms with Crippen LogP contribution in [0.2, 0.25) is 0 Å². The zero-order valence-corrected chi connectivity index (χ0v) is 25.4. The largest absolute Gasteiger partial charge is 0.511 e. The predicted octanol–water partition coefficient (Wildman–Crippen LogP) is 6.26. The summed E-state index contributed by atoms with van der Waals surface area (Å²) in [5.41, 5.74) is 14.3. The van der Waals surface area contributed by atoms with Crippen molar-refractivity contribution >= 4 is 23.1 Å². The molecule has 0 aromatic rings. The fourth-order valence-corrected chi connectivity index (χ4v) is 6.86. The minimum Gasteiger partial charge on any atom is -0.511 e. The molecule has 1 fully saturated rings. The number of carbonyl (C=O) groups is 1. The number of rotatable bonds is 6. The molecule has 0 radical (unpaired) electrons. The van der Waals surface area contributed by atoms with Crippen molar-refractivity contribution in [1.29, 1.82) is 0 Å². The van der Waals surface area contributed by atoms with Crippen LogP contribution in [0, 0.1) is 11.8 Å². The van der Waals surface area contributed by atoms with E-state index in [0.717, 1.165) is 85.5 Å². The highest BCUT2D eigenvalue weighted by Gasteiger charge is 2.41. The number of aliphatic hydroxyl groups excluding tert-OH is 1. The fraction of sp³-hybridized carbons (Fsp3) is 0.412. The number of ether oxygens (including phenoxy) is 2. The van der Waals surface area contributed by atoms with Crippen LogP contribution in [0.1, 0.15) is 60.3 Å². The number of aliphatic imine (C=N–C) groups is 3. The Balaban J connectivity index is 1.59. The van der Waals surface area contributed by atoms with Gasteiger partial charge in [-0.25, -0.2) is 15.0 Å². The van der Waals surface area contributed by atoms with Gasteiger partial charge in [0.2, 0.25) is 0 Å². The minimum absolute atomic E-state index is 0.0252. The van der Waals surface area contributed by atoms with Crippen LogP contribution >= 0.6 is 0 Å². The molecule has 0 unspecified atom stereocenters. The van der Waals surface area contributed by atoms with E-state index >= 15 is 0 Å². The van der Waals surface area contributed by atoms with E-state index < -0.39 is 0 Å². The Hall–Kier alpha value is -4.04. The third kappa shape index (κ3) is 4.40. The van der Waals surface area contributed by atoms with E-state index in [-0.39, 0.29) is 17.8 Å². The SMILES string of the molecule is CCC1=C(C)C2=NC1=CC1=C(C)C3=C(O)CC(=C4NC(=CC5=NC(=C2)C(COC)=C5C)[C@@H](C)[C@@H]4CCC(=O)OC)C3=N1. The van der Waals surface area contributed by atoms with E-state index in [9.17, 15) is 9.90 Å². The molecule has 1 aliphatic carbocycles. The maximum absolute atomic E-state index is 12.2. The minimum atomic E-state index is -0.232. The summed E-state index contributed by atoms with van der Waals surface area (Å²) in [5.74, 6) is 0.209. The normalized spacial score (nSPS) is 24.7. The number of esters is 1. The number of hydrogen-bond donors (Lipinski definition) is 2. The molecular formula is C34H38N4O4. The molecule has 0 spiro atoms. The third-order valence-electron chi connectivity index (χ3n) is 9.36. The van der Waals surface area contributed by atoms with Crippen molar-refractivity contribution in [2.75, 3.05) is 20.8 Å². The Kier molecular flexibility index (Phi) is 7.13. The molecule has 8 nitrogen and oxygen atoms in total. The second kappa shape index (κ2) is 10.7. The lowest BCUT2D eigenvalue weighted by atomic mass is 9.86. The highest BCUT2D eigenvalue weighted by Crippen LogP contribution is 2.46. The zero-order valence-electron chi connectivity index (χ0n) is 25.4. The number of allylic oxidation sites excluding steroid dienone is 11. The van der Waals surface area contributed by atoms with Crippen LogP contribution in [0.3, 0.4) is 0 Å². The highest BCUT2D eigenvalue weighted by molar-refractivity contribution is 6.21. The van der Waals surface area contributed by atoms with Crippen molar-refractivity contribution in [1.82, 2.24) is 5.32 Å². The van der Waals surface area contributed by atoms with Gasteiger partial charge in [0.05, 0.1) is 47.9 Å². The summed E-state index contributed by atoms with van der Waals surface area (Å²) in [6, 6.07) is 0. The maximum Gasteiger partial charge on any atom is 0.305 e. The number of nitrogens with one attached hydrogen (secondary N) is 1. The van der Waals surface area contributed by atoms with E-state index in [1.165, 1.54) is 12.7 Å². The Bertz CT molecular complexity index is 1670. The molecule has 6 rings (SSSR count). The summed E-state index contributed by atoms with van der Waals surface area (Å²) >= 11 is 0. The van der Waals surface area contributed by atoms with Gasteiger partial charge in [-0.2, -0.15) is 0 Å². The smallest absolute Gasteiger partial charge is 0.305 e. The average molecular weight is 567 g/mol. The standard InChI is InChI=1S/C34H38N4O4/c1-8-20-16(2)25-13-29-23(15-41-6)18(4)24(36-29)12-26-17(3)21(9-10-31(40)42-7)33(37-26)22-11-30(39)32-19(5)27(38-34(22)32)14-28(20)35-25/h12-14,17,21,37,39H,8-11,15H2,1-7H3/t17-,21-/m0/s1. The first-order valence-corrected chi connectivity index (χ1v) is 14.7. The molecule has 8 heteroatoms. The Morgan fingerprint density at radius 2 is 1.69 bits per heavy atom. The van der Waals surface area contributed by atoms with Crippen LogP contribution < -0.4 is 5.32 Å². The Morgan fingerprint density at radius 1 is 1.00 bits per heavy atom. The molecule has 1 saturated heterocycles. The number of fused-ring (bicyclic) bond motifs is 5. The lowest BCUT2D eigenvalue weighted by Gasteiger charge is -2.17. The molecule has 0 aromatic carbocycles. The van der Waals surface area contributed by atoms with Gasteiger partial charge in [0.25, 0.3) is 0 Å². The molecular weight excluding hydrogens is 528 g/mol. The molecule has 5 aliphatic heterocycles. The first kappa shape index (κ1) is 28.1. The monoisotopic (exact) mass is 566 g/mol. The third-order valence-corrected chi connectivity index (χ3v) is 9.36. The number of carbonyl (C=O) groups excluding carboxylic acids is 1. The molecule has 0 amide bonds. The molecule has 6 aliphatic rings. The van der Waals surface area contributed by atoms with Crippen molar-refractivity contribution in [3.63, 3.8) is 0 Å². The Labute approximate surface area is 247 Å². The number of methoxy groups -OCH3 is 2. The van der Waals surface area contributed by atoms with Gasteiger partial charge >= 0.3 is 5.97 Å². The van der Waals surface area contributed by atoms with Crippen molar-refractivity contribution in [3.05, 3.63) is 91.5 Å². The predicted molar refractivity (Wildman–Crippen MR) is 165 cm³/mol. The van der Waals surface area contributed by atoms with Gasteiger partial charge in [0, 0.05) is 59.9 Å². The van der Waals surface area contributed by atoms with Crippen LogP contribution in [0.15, 0.2) is 106 Å². The van der Waals surface area contributed by atoms with Gasteiger partial charge in [-0.3, -0.25) is 4.79 Å². The van der Waals surface area contributed by atoms with Gasteiger partial charge in [-0.05, 0) is 74.1 Å². The van der Waals surface area contributed by atoms with Crippen molar-refractivity contribution in [3.8, 4) is 0 Å².